The summed E-state index contributed by atoms with van der Waals surface area (Å²) in [7, 11) is -3.54. The Balaban J connectivity index is 1.21. The van der Waals surface area contributed by atoms with E-state index in [2.05, 4.69) is 10.6 Å². The van der Waals surface area contributed by atoms with Crippen LogP contribution in [0.1, 0.15) is 56.9 Å². The second-order valence-electron chi connectivity index (χ2n) is 10.3. The van der Waals surface area contributed by atoms with Crippen LogP contribution in [-0.2, 0) is 10.0 Å². The van der Waals surface area contributed by atoms with Crippen LogP contribution in [0, 0.1) is 24.7 Å². The van der Waals surface area contributed by atoms with Gasteiger partial charge in [0, 0.05) is 24.7 Å². The Morgan fingerprint density at radius 2 is 1.80 bits per heavy atom. The first kappa shape index (κ1) is 20.3. The van der Waals surface area contributed by atoms with Crippen molar-refractivity contribution in [2.24, 2.45) is 17.8 Å². The molecule has 5 fully saturated rings. The maximum atomic E-state index is 13.1. The Morgan fingerprint density at radius 3 is 2.43 bits per heavy atom. The third-order valence-electron chi connectivity index (χ3n) is 7.83. The highest BCUT2D eigenvalue weighted by Crippen LogP contribution is 2.55. The van der Waals surface area contributed by atoms with Gasteiger partial charge in [0.2, 0.25) is 10.0 Å². The fraction of sp³-hybridized carbons (Fsp3) is 0.696. The molecule has 0 aromatic heterocycles. The Labute approximate surface area is 179 Å². The van der Waals surface area contributed by atoms with Gasteiger partial charge in [-0.15, -0.1) is 0 Å². The third-order valence-corrected chi connectivity index (χ3v) is 9.78. The van der Waals surface area contributed by atoms with Crippen molar-refractivity contribution in [3.05, 3.63) is 29.8 Å². The lowest BCUT2D eigenvalue weighted by atomic mass is 9.53. The van der Waals surface area contributed by atoms with Crippen LogP contribution < -0.4 is 10.6 Å². The van der Waals surface area contributed by atoms with Crippen LogP contribution in [0.15, 0.2) is 29.2 Å². The number of hydrogen-bond acceptors (Lipinski definition) is 3. The highest BCUT2D eigenvalue weighted by atomic mass is 32.2. The number of carbonyl (C=O) groups is 1. The molecule has 0 radical (unpaired) electrons. The Bertz CT molecular complexity index is 894. The zero-order valence-corrected chi connectivity index (χ0v) is 18.6. The number of nitrogens with one attached hydrogen (secondary N) is 2. The molecule has 164 valence electrons. The predicted molar refractivity (Wildman–Crippen MR) is 116 cm³/mol. The van der Waals surface area contributed by atoms with E-state index in [0.29, 0.717) is 18.0 Å². The normalized spacial score (nSPS) is 35.5. The van der Waals surface area contributed by atoms with Crippen molar-refractivity contribution >= 4 is 16.1 Å². The van der Waals surface area contributed by atoms with Gasteiger partial charge in [-0.05, 0) is 93.7 Å². The van der Waals surface area contributed by atoms with E-state index in [1.165, 1.54) is 19.3 Å². The zero-order chi connectivity index (χ0) is 20.9. The highest BCUT2D eigenvalue weighted by Gasteiger charge is 2.51. The summed E-state index contributed by atoms with van der Waals surface area (Å²) in [6.45, 7) is 2.78. The van der Waals surface area contributed by atoms with Gasteiger partial charge in [0.05, 0.1) is 4.90 Å². The van der Waals surface area contributed by atoms with Crippen LogP contribution in [-0.4, -0.2) is 43.4 Å². The molecule has 30 heavy (non-hydrogen) atoms. The molecule has 1 unspecified atom stereocenters. The maximum Gasteiger partial charge on any atom is 0.315 e. The molecular weight excluding hydrogens is 398 g/mol. The molecule has 1 aromatic rings. The molecule has 1 atom stereocenters. The first-order valence-electron chi connectivity index (χ1n) is 11.5. The second kappa shape index (κ2) is 7.52. The standard InChI is InChI=1S/C23H33N3O3S/c1-16-4-2-6-21(8-16)30(28,29)26-7-3-5-20(26)15-24-22(27)25-23-12-17-9-18(13-23)11-19(10-17)14-23/h2,4,6,8,17-20H,3,5,7,9-15H2,1H3,(H2,24,25,27)/t17-,18+,19?,20?,23?. The van der Waals surface area contributed by atoms with Gasteiger partial charge in [-0.25, -0.2) is 13.2 Å². The molecule has 4 aliphatic carbocycles. The number of hydrogen-bond donors (Lipinski definition) is 2. The Morgan fingerprint density at radius 1 is 1.13 bits per heavy atom. The van der Waals surface area contributed by atoms with Crippen molar-refractivity contribution in [3.63, 3.8) is 0 Å². The van der Waals surface area contributed by atoms with E-state index in [0.717, 1.165) is 55.4 Å². The van der Waals surface area contributed by atoms with E-state index in [9.17, 15) is 13.2 Å². The number of carbonyl (C=O) groups excluding carboxylic acids is 1. The second-order valence-corrected chi connectivity index (χ2v) is 12.2. The minimum Gasteiger partial charge on any atom is -0.337 e. The summed E-state index contributed by atoms with van der Waals surface area (Å²) >= 11 is 0. The zero-order valence-electron chi connectivity index (χ0n) is 17.8. The van der Waals surface area contributed by atoms with Gasteiger partial charge < -0.3 is 10.6 Å². The van der Waals surface area contributed by atoms with Crippen LogP contribution in [0.4, 0.5) is 4.79 Å². The van der Waals surface area contributed by atoms with E-state index in [4.69, 9.17) is 0 Å². The molecule has 4 saturated carbocycles. The first-order valence-corrected chi connectivity index (χ1v) is 12.9. The molecule has 0 spiro atoms. The van der Waals surface area contributed by atoms with Gasteiger partial charge in [0.25, 0.3) is 0 Å². The van der Waals surface area contributed by atoms with Crippen LogP contribution in [0.5, 0.6) is 0 Å². The topological polar surface area (TPSA) is 78.5 Å². The van der Waals surface area contributed by atoms with Crippen molar-refractivity contribution in [3.8, 4) is 0 Å². The fourth-order valence-electron chi connectivity index (χ4n) is 7.00. The summed E-state index contributed by atoms with van der Waals surface area (Å²) < 4.78 is 27.9. The summed E-state index contributed by atoms with van der Waals surface area (Å²) in [5, 5.41) is 6.33. The number of benzene rings is 1. The van der Waals surface area contributed by atoms with Crippen molar-refractivity contribution in [2.45, 2.75) is 74.8 Å². The van der Waals surface area contributed by atoms with E-state index in [1.54, 1.807) is 22.5 Å². The van der Waals surface area contributed by atoms with E-state index in [1.807, 2.05) is 13.0 Å². The third kappa shape index (κ3) is 3.75. The Kier molecular flexibility index (Phi) is 5.09. The number of aryl methyl sites for hydroxylation is 1. The SMILES string of the molecule is Cc1cccc(S(=O)(=O)N2CCCC2CNC(=O)NC23CC4C[C@H](C2)C[C@@H](C4)C3)c1. The minimum absolute atomic E-state index is 0.0260. The molecule has 7 heteroatoms. The summed E-state index contributed by atoms with van der Waals surface area (Å²) in [5.41, 5.74) is 0.905. The smallest absolute Gasteiger partial charge is 0.315 e. The highest BCUT2D eigenvalue weighted by molar-refractivity contribution is 7.89. The Hall–Kier alpha value is -1.60. The lowest BCUT2D eigenvalue weighted by Crippen LogP contribution is -2.62. The largest absolute Gasteiger partial charge is 0.337 e. The molecule has 5 aliphatic rings. The maximum absolute atomic E-state index is 13.1. The molecule has 2 amide bonds. The summed E-state index contributed by atoms with van der Waals surface area (Å²) in [6, 6.07) is 6.75. The van der Waals surface area contributed by atoms with Crippen molar-refractivity contribution in [1.82, 2.24) is 14.9 Å². The average Bonchev–Trinajstić information content (AvgIpc) is 3.14. The summed E-state index contributed by atoms with van der Waals surface area (Å²) in [5.74, 6) is 2.34. The molecular formula is C23H33N3O3S. The molecule has 1 heterocycles. The van der Waals surface area contributed by atoms with Gasteiger partial charge in [0.1, 0.15) is 0 Å². The molecule has 1 aromatic carbocycles. The molecule has 1 saturated heterocycles. The average molecular weight is 432 g/mol. The van der Waals surface area contributed by atoms with E-state index in [-0.39, 0.29) is 17.6 Å². The molecule has 1 aliphatic heterocycles. The summed E-state index contributed by atoms with van der Waals surface area (Å²) in [6.07, 6.45) is 8.98. The first-order chi connectivity index (χ1) is 14.3. The lowest BCUT2D eigenvalue weighted by Gasteiger charge is -2.56. The van der Waals surface area contributed by atoms with Crippen molar-refractivity contribution in [1.29, 1.82) is 0 Å². The predicted octanol–water partition coefficient (Wildman–Crippen LogP) is 3.42. The molecule has 6 rings (SSSR count). The monoisotopic (exact) mass is 431 g/mol. The molecule has 6 nitrogen and oxygen atoms in total. The number of sulfonamides is 1. The minimum atomic E-state index is -3.54. The van der Waals surface area contributed by atoms with Gasteiger partial charge >= 0.3 is 6.03 Å². The lowest BCUT2D eigenvalue weighted by molar-refractivity contribution is -0.0135. The van der Waals surface area contributed by atoms with E-state index >= 15 is 0 Å². The summed E-state index contributed by atoms with van der Waals surface area (Å²) in [4.78, 5) is 13.1. The number of rotatable bonds is 5. The molecule has 2 N–H and O–H groups in total. The van der Waals surface area contributed by atoms with Crippen molar-refractivity contribution < 1.29 is 13.2 Å². The van der Waals surface area contributed by atoms with Crippen LogP contribution >= 0.6 is 0 Å². The quantitative estimate of drug-likeness (QED) is 0.750. The van der Waals surface area contributed by atoms with Crippen molar-refractivity contribution in [2.75, 3.05) is 13.1 Å². The van der Waals surface area contributed by atoms with Gasteiger partial charge in [-0.1, -0.05) is 12.1 Å². The van der Waals surface area contributed by atoms with Crippen LogP contribution in [0.25, 0.3) is 0 Å². The molecule has 4 bridgehead atoms. The van der Waals surface area contributed by atoms with Crippen LogP contribution in [0.3, 0.4) is 0 Å². The van der Waals surface area contributed by atoms with Gasteiger partial charge in [-0.2, -0.15) is 4.31 Å². The van der Waals surface area contributed by atoms with Crippen LogP contribution in [0.2, 0.25) is 0 Å². The fourth-order valence-corrected chi connectivity index (χ4v) is 8.80. The number of amides is 2. The van der Waals surface area contributed by atoms with Gasteiger partial charge in [-0.3, -0.25) is 0 Å². The number of nitrogens with zero attached hydrogens (tertiary/aromatic N) is 1. The van der Waals surface area contributed by atoms with E-state index < -0.39 is 10.0 Å². The van der Waals surface area contributed by atoms with Gasteiger partial charge in [0.15, 0.2) is 0 Å². The number of urea groups is 1.